The summed E-state index contributed by atoms with van der Waals surface area (Å²) in [5, 5.41) is 23.3. The Morgan fingerprint density at radius 1 is 0.342 bits per heavy atom. The Kier molecular flexibility index (Phi) is 67.4. The van der Waals surface area contributed by atoms with Crippen LogP contribution in [0.15, 0.2) is 24.3 Å². The molecule has 0 spiro atoms. The Hall–Kier alpha value is -1.66. The number of unbranched alkanes of at least 4 members (excludes halogenated alkanes) is 55. The third-order valence-electron chi connectivity index (χ3n) is 17.0. The highest BCUT2D eigenvalue weighted by Crippen LogP contribution is 2.19. The van der Waals surface area contributed by atoms with E-state index in [1.165, 1.54) is 334 Å². The second-order valence-corrected chi connectivity index (χ2v) is 24.9. The van der Waals surface area contributed by atoms with E-state index in [-0.39, 0.29) is 18.5 Å². The molecule has 0 aliphatic heterocycles. The highest BCUT2D eigenvalue weighted by Gasteiger charge is 2.18. The van der Waals surface area contributed by atoms with Crippen molar-refractivity contribution in [1.29, 1.82) is 0 Å². The standard InChI is InChI=1S/C73H141NO5/c1-3-5-7-9-11-13-15-17-18-19-20-21-27-30-33-36-39-42-45-49-53-57-61-65-71(76)70(69-75)74-72(77)66-62-58-54-50-46-43-40-37-34-31-28-25-23-22-24-26-29-32-35-38-41-44-48-52-56-60-64-68-79-73(78)67-63-59-55-51-47-16-14-12-10-8-6-4-2/h12,14,61,65,70-71,75-76H,3-11,13,15-60,62-64,66-69H2,1-2H3,(H,74,77)/b14-12-,65-61+. The quantitative estimate of drug-likeness (QED) is 0.0320. The van der Waals surface area contributed by atoms with Crippen molar-refractivity contribution < 1.29 is 24.5 Å². The molecule has 0 aliphatic rings. The zero-order chi connectivity index (χ0) is 57.1. The van der Waals surface area contributed by atoms with E-state index in [0.29, 0.717) is 19.4 Å². The fraction of sp³-hybridized carbons (Fsp3) is 0.918. The lowest BCUT2D eigenvalue weighted by molar-refractivity contribution is -0.143. The number of carbonyl (C=O) groups excluding carboxylic acids is 2. The summed E-state index contributed by atoms with van der Waals surface area (Å²) in [6.07, 6.45) is 86.9. The van der Waals surface area contributed by atoms with Gasteiger partial charge in [-0.1, -0.05) is 359 Å². The molecule has 0 aromatic rings. The summed E-state index contributed by atoms with van der Waals surface area (Å²) < 4.78 is 5.48. The molecule has 0 saturated carbocycles. The molecule has 0 aliphatic carbocycles. The topological polar surface area (TPSA) is 95.9 Å². The zero-order valence-electron chi connectivity index (χ0n) is 53.6. The van der Waals surface area contributed by atoms with E-state index in [2.05, 4.69) is 31.3 Å². The molecule has 468 valence electrons. The van der Waals surface area contributed by atoms with Crippen molar-refractivity contribution in [3.63, 3.8) is 0 Å². The highest BCUT2D eigenvalue weighted by atomic mass is 16.5. The molecule has 79 heavy (non-hydrogen) atoms. The smallest absolute Gasteiger partial charge is 0.305 e. The molecular weight excluding hydrogens is 971 g/mol. The predicted molar refractivity (Wildman–Crippen MR) is 347 cm³/mol. The molecular formula is C73H141NO5. The molecule has 0 saturated heterocycles. The molecule has 0 aromatic carbocycles. The first-order valence-electron chi connectivity index (χ1n) is 36.1. The van der Waals surface area contributed by atoms with Crippen molar-refractivity contribution >= 4 is 11.9 Å². The molecule has 0 rings (SSSR count). The van der Waals surface area contributed by atoms with Crippen molar-refractivity contribution in [3.05, 3.63) is 24.3 Å². The first kappa shape index (κ1) is 77.3. The van der Waals surface area contributed by atoms with E-state index >= 15 is 0 Å². The maximum Gasteiger partial charge on any atom is 0.305 e. The van der Waals surface area contributed by atoms with Crippen molar-refractivity contribution in [3.8, 4) is 0 Å². The lowest BCUT2D eigenvalue weighted by Crippen LogP contribution is -2.45. The number of rotatable bonds is 68. The molecule has 0 radical (unpaired) electrons. The molecule has 0 aromatic heterocycles. The van der Waals surface area contributed by atoms with Crippen molar-refractivity contribution in [1.82, 2.24) is 5.32 Å². The van der Waals surface area contributed by atoms with Crippen LogP contribution in [0, 0.1) is 0 Å². The summed E-state index contributed by atoms with van der Waals surface area (Å²) >= 11 is 0. The third kappa shape index (κ3) is 65.4. The maximum atomic E-state index is 12.5. The molecule has 0 fully saturated rings. The summed E-state index contributed by atoms with van der Waals surface area (Å²) in [6, 6.07) is -0.627. The van der Waals surface area contributed by atoms with Gasteiger partial charge in [0.15, 0.2) is 0 Å². The molecule has 0 bridgehead atoms. The van der Waals surface area contributed by atoms with Gasteiger partial charge in [-0.05, 0) is 57.8 Å². The van der Waals surface area contributed by atoms with Crippen molar-refractivity contribution in [2.24, 2.45) is 0 Å². The monoisotopic (exact) mass is 1110 g/mol. The van der Waals surface area contributed by atoms with Gasteiger partial charge in [-0.25, -0.2) is 0 Å². The van der Waals surface area contributed by atoms with E-state index in [0.717, 1.165) is 44.9 Å². The number of hydrogen-bond acceptors (Lipinski definition) is 5. The molecule has 2 atom stereocenters. The van der Waals surface area contributed by atoms with Gasteiger partial charge in [0.25, 0.3) is 0 Å². The van der Waals surface area contributed by atoms with Crippen LogP contribution in [0.2, 0.25) is 0 Å². The largest absolute Gasteiger partial charge is 0.466 e. The highest BCUT2D eigenvalue weighted by molar-refractivity contribution is 5.76. The molecule has 6 heteroatoms. The molecule has 3 N–H and O–H groups in total. The number of hydrogen-bond donors (Lipinski definition) is 3. The summed E-state index contributed by atoms with van der Waals surface area (Å²) in [7, 11) is 0. The lowest BCUT2D eigenvalue weighted by atomic mass is 10.0. The van der Waals surface area contributed by atoms with Crippen LogP contribution in [-0.4, -0.2) is 47.4 Å². The normalized spacial score (nSPS) is 12.6. The minimum atomic E-state index is -0.844. The van der Waals surface area contributed by atoms with Crippen molar-refractivity contribution in [2.75, 3.05) is 13.2 Å². The fourth-order valence-corrected chi connectivity index (χ4v) is 11.5. The van der Waals surface area contributed by atoms with Crippen LogP contribution in [0.4, 0.5) is 0 Å². The van der Waals surface area contributed by atoms with E-state index in [1.54, 1.807) is 6.08 Å². The average Bonchev–Trinajstić information content (AvgIpc) is 3.45. The summed E-state index contributed by atoms with van der Waals surface area (Å²) in [4.78, 5) is 24.6. The number of amides is 1. The van der Waals surface area contributed by atoms with Gasteiger partial charge in [0.05, 0.1) is 25.4 Å². The SMILES string of the molecule is CCCCC/C=C\CCCCCCCC(=O)OCCCCCCCCCCCCCCCCCCCCCCCCCCCCCC(=O)NC(CO)C(O)/C=C/CCCCCCCCCCCCCCCCCCCCCCC. The van der Waals surface area contributed by atoms with Gasteiger partial charge in [-0.15, -0.1) is 0 Å². The fourth-order valence-electron chi connectivity index (χ4n) is 11.5. The first-order chi connectivity index (χ1) is 39.0. The van der Waals surface area contributed by atoms with Crippen LogP contribution in [0.25, 0.3) is 0 Å². The zero-order valence-corrected chi connectivity index (χ0v) is 53.6. The van der Waals surface area contributed by atoms with E-state index < -0.39 is 12.1 Å². The summed E-state index contributed by atoms with van der Waals surface area (Å²) in [5.74, 6) is -0.0524. The van der Waals surface area contributed by atoms with Crippen LogP contribution in [-0.2, 0) is 14.3 Å². The molecule has 1 amide bonds. The number of aliphatic hydroxyl groups excluding tert-OH is 2. The van der Waals surface area contributed by atoms with Crippen LogP contribution >= 0.6 is 0 Å². The van der Waals surface area contributed by atoms with E-state index in [1.807, 2.05) is 6.08 Å². The van der Waals surface area contributed by atoms with Gasteiger partial charge in [0.1, 0.15) is 0 Å². The molecule has 0 heterocycles. The van der Waals surface area contributed by atoms with Crippen LogP contribution in [0.5, 0.6) is 0 Å². The number of nitrogens with one attached hydrogen (secondary N) is 1. The van der Waals surface area contributed by atoms with E-state index in [9.17, 15) is 19.8 Å². The maximum absolute atomic E-state index is 12.5. The van der Waals surface area contributed by atoms with E-state index in [4.69, 9.17) is 4.74 Å². The summed E-state index contributed by atoms with van der Waals surface area (Å²) in [6.45, 7) is 4.92. The first-order valence-corrected chi connectivity index (χ1v) is 36.1. The third-order valence-corrected chi connectivity index (χ3v) is 17.0. The van der Waals surface area contributed by atoms with Gasteiger partial charge in [-0.2, -0.15) is 0 Å². The second kappa shape index (κ2) is 68.8. The number of aliphatic hydroxyl groups is 2. The molecule has 2 unspecified atom stereocenters. The van der Waals surface area contributed by atoms with Gasteiger partial charge < -0.3 is 20.3 Å². The Bertz CT molecular complexity index is 1230. The minimum absolute atomic E-state index is 0.00827. The Morgan fingerprint density at radius 3 is 0.924 bits per heavy atom. The van der Waals surface area contributed by atoms with Gasteiger partial charge in [0, 0.05) is 12.8 Å². The number of esters is 1. The number of allylic oxidation sites excluding steroid dienone is 3. The Labute approximate surface area is 494 Å². The molecule has 6 nitrogen and oxygen atoms in total. The number of ether oxygens (including phenoxy) is 1. The second-order valence-electron chi connectivity index (χ2n) is 24.9. The van der Waals surface area contributed by atoms with Crippen LogP contribution in [0.3, 0.4) is 0 Å². The van der Waals surface area contributed by atoms with Crippen molar-refractivity contribution in [2.45, 2.75) is 418 Å². The van der Waals surface area contributed by atoms with Crippen LogP contribution in [0.1, 0.15) is 406 Å². The van der Waals surface area contributed by atoms with Crippen LogP contribution < -0.4 is 5.32 Å². The predicted octanol–water partition coefficient (Wildman–Crippen LogP) is 23.3. The lowest BCUT2D eigenvalue weighted by Gasteiger charge is -2.20. The Balaban J connectivity index is 3.38. The van der Waals surface area contributed by atoms with Gasteiger partial charge >= 0.3 is 5.97 Å². The van der Waals surface area contributed by atoms with Gasteiger partial charge in [-0.3, -0.25) is 9.59 Å². The summed E-state index contributed by atoms with van der Waals surface area (Å²) in [5.41, 5.74) is 0. The number of carbonyl (C=O) groups is 2. The van der Waals surface area contributed by atoms with Gasteiger partial charge in [0.2, 0.25) is 5.91 Å². The average molecular weight is 1110 g/mol. The minimum Gasteiger partial charge on any atom is -0.466 e. The Morgan fingerprint density at radius 2 is 0.595 bits per heavy atom.